The zero-order valence-corrected chi connectivity index (χ0v) is 15.5. The summed E-state index contributed by atoms with van der Waals surface area (Å²) in [7, 11) is 0. The molecule has 2 aromatic carbocycles. The molecule has 4 N–H and O–H groups in total. The second-order valence-corrected chi connectivity index (χ2v) is 7.21. The van der Waals surface area contributed by atoms with Crippen LogP contribution in [0.4, 0.5) is 0 Å². The van der Waals surface area contributed by atoms with E-state index >= 15 is 0 Å². The number of rotatable bonds is 7. The van der Waals surface area contributed by atoms with Crippen molar-refractivity contribution in [3.63, 3.8) is 0 Å². The van der Waals surface area contributed by atoms with Crippen LogP contribution in [0.2, 0.25) is 0 Å². The van der Waals surface area contributed by atoms with Crippen molar-refractivity contribution in [1.29, 1.82) is 0 Å². The van der Waals surface area contributed by atoms with Crippen molar-refractivity contribution in [2.75, 3.05) is 13.1 Å². The SMILES string of the molecule is CC(C)(CNC(=O)c1cc2ccccc2o1)NCCc1ccc(O)c(O)c1. The fourth-order valence-electron chi connectivity index (χ4n) is 2.81. The van der Waals surface area contributed by atoms with Crippen LogP contribution in [0.1, 0.15) is 30.0 Å². The molecular weight excluding hydrogens is 344 g/mol. The summed E-state index contributed by atoms with van der Waals surface area (Å²) in [6.45, 7) is 5.10. The van der Waals surface area contributed by atoms with E-state index < -0.39 is 0 Å². The number of fused-ring (bicyclic) bond motifs is 1. The summed E-state index contributed by atoms with van der Waals surface area (Å²) >= 11 is 0. The molecule has 0 aliphatic carbocycles. The smallest absolute Gasteiger partial charge is 0.287 e. The first kappa shape index (κ1) is 18.8. The summed E-state index contributed by atoms with van der Waals surface area (Å²) in [5.41, 5.74) is 1.29. The van der Waals surface area contributed by atoms with E-state index in [0.717, 1.165) is 10.9 Å². The molecule has 0 saturated carbocycles. The summed E-state index contributed by atoms with van der Waals surface area (Å²) in [6, 6.07) is 14.0. The zero-order valence-electron chi connectivity index (χ0n) is 15.5. The number of phenolic OH excluding ortho intramolecular Hbond substituents is 2. The van der Waals surface area contributed by atoms with Gasteiger partial charge in [0, 0.05) is 17.5 Å². The van der Waals surface area contributed by atoms with Crippen LogP contribution < -0.4 is 10.6 Å². The van der Waals surface area contributed by atoms with E-state index in [1.54, 1.807) is 18.2 Å². The number of phenols is 2. The maximum absolute atomic E-state index is 12.3. The largest absolute Gasteiger partial charge is 0.504 e. The molecule has 0 aliphatic rings. The highest BCUT2D eigenvalue weighted by Crippen LogP contribution is 2.25. The number of para-hydroxylation sites is 1. The monoisotopic (exact) mass is 368 g/mol. The van der Waals surface area contributed by atoms with Crippen LogP contribution >= 0.6 is 0 Å². The number of aromatic hydroxyl groups is 2. The molecule has 0 radical (unpaired) electrons. The Labute approximate surface area is 157 Å². The number of furan rings is 1. The van der Waals surface area contributed by atoms with E-state index in [0.29, 0.717) is 30.9 Å². The topological polar surface area (TPSA) is 94.7 Å². The van der Waals surface area contributed by atoms with Gasteiger partial charge in [0.05, 0.1) is 0 Å². The normalized spacial score (nSPS) is 11.6. The highest BCUT2D eigenvalue weighted by Gasteiger charge is 2.20. The average Bonchev–Trinajstić information content (AvgIpc) is 3.07. The van der Waals surface area contributed by atoms with Crippen LogP contribution in [0.15, 0.2) is 52.9 Å². The fourth-order valence-corrected chi connectivity index (χ4v) is 2.81. The molecule has 0 saturated heterocycles. The van der Waals surface area contributed by atoms with Crippen LogP contribution in [0.3, 0.4) is 0 Å². The van der Waals surface area contributed by atoms with E-state index in [1.165, 1.54) is 6.07 Å². The van der Waals surface area contributed by atoms with Gasteiger partial charge in [-0.05, 0) is 56.6 Å². The van der Waals surface area contributed by atoms with E-state index in [4.69, 9.17) is 4.42 Å². The molecule has 0 bridgehead atoms. The summed E-state index contributed by atoms with van der Waals surface area (Å²) in [5.74, 6) is -0.193. The molecule has 0 unspecified atom stereocenters. The minimum absolute atomic E-state index is 0.121. The Bertz CT molecular complexity index is 913. The predicted octanol–water partition coefficient (Wildman–Crippen LogP) is 3.18. The summed E-state index contributed by atoms with van der Waals surface area (Å²) < 4.78 is 5.58. The van der Waals surface area contributed by atoms with Gasteiger partial charge < -0.3 is 25.3 Å². The second-order valence-electron chi connectivity index (χ2n) is 7.21. The van der Waals surface area contributed by atoms with E-state index in [2.05, 4.69) is 10.6 Å². The van der Waals surface area contributed by atoms with Gasteiger partial charge in [-0.2, -0.15) is 0 Å². The summed E-state index contributed by atoms with van der Waals surface area (Å²) in [6.07, 6.45) is 0.689. The van der Waals surface area contributed by atoms with E-state index in [-0.39, 0.29) is 22.9 Å². The standard InChI is InChI=1S/C21H24N2O4/c1-21(2,23-10-9-14-7-8-16(24)17(25)11-14)13-22-20(26)19-12-15-5-3-4-6-18(15)27-19/h3-8,11-12,23-25H,9-10,13H2,1-2H3,(H,22,26). The maximum atomic E-state index is 12.3. The van der Waals surface area contributed by atoms with Crippen LogP contribution in [-0.4, -0.2) is 34.7 Å². The van der Waals surface area contributed by atoms with Crippen molar-refractivity contribution < 1.29 is 19.4 Å². The Hall–Kier alpha value is -2.99. The molecule has 0 spiro atoms. The van der Waals surface area contributed by atoms with Crippen LogP contribution in [0.5, 0.6) is 11.5 Å². The molecule has 3 rings (SSSR count). The second kappa shape index (κ2) is 7.72. The first-order valence-corrected chi connectivity index (χ1v) is 8.87. The van der Waals surface area contributed by atoms with Gasteiger partial charge >= 0.3 is 0 Å². The number of carbonyl (C=O) groups excluding carboxylic acids is 1. The molecular formula is C21H24N2O4. The molecule has 1 amide bonds. The third-order valence-corrected chi connectivity index (χ3v) is 4.40. The van der Waals surface area contributed by atoms with Crippen molar-refractivity contribution in [1.82, 2.24) is 10.6 Å². The average molecular weight is 368 g/mol. The number of hydrogen-bond acceptors (Lipinski definition) is 5. The number of hydrogen-bond donors (Lipinski definition) is 4. The molecule has 27 heavy (non-hydrogen) atoms. The van der Waals surface area contributed by atoms with Gasteiger partial charge in [0.1, 0.15) is 5.58 Å². The quantitative estimate of drug-likeness (QED) is 0.481. The lowest BCUT2D eigenvalue weighted by molar-refractivity contribution is 0.0917. The molecule has 1 heterocycles. The van der Waals surface area contributed by atoms with Gasteiger partial charge in [0.25, 0.3) is 5.91 Å². The van der Waals surface area contributed by atoms with Gasteiger partial charge in [-0.25, -0.2) is 0 Å². The highest BCUT2D eigenvalue weighted by molar-refractivity contribution is 5.96. The van der Waals surface area contributed by atoms with Gasteiger partial charge in [-0.1, -0.05) is 24.3 Å². The number of amides is 1. The van der Waals surface area contributed by atoms with Gasteiger partial charge in [-0.15, -0.1) is 0 Å². The lowest BCUT2D eigenvalue weighted by Crippen LogP contribution is -2.49. The maximum Gasteiger partial charge on any atom is 0.287 e. The Morgan fingerprint density at radius 3 is 2.59 bits per heavy atom. The Morgan fingerprint density at radius 1 is 1.07 bits per heavy atom. The highest BCUT2D eigenvalue weighted by atomic mass is 16.3. The molecule has 0 fully saturated rings. The lowest BCUT2D eigenvalue weighted by Gasteiger charge is -2.26. The molecule has 6 nitrogen and oxygen atoms in total. The Kier molecular flexibility index (Phi) is 5.37. The molecule has 6 heteroatoms. The molecule has 3 aromatic rings. The molecule has 0 aliphatic heterocycles. The third-order valence-electron chi connectivity index (χ3n) is 4.40. The minimum Gasteiger partial charge on any atom is -0.504 e. The number of benzene rings is 2. The first-order valence-electron chi connectivity index (χ1n) is 8.87. The van der Waals surface area contributed by atoms with Gasteiger partial charge in [0.15, 0.2) is 17.3 Å². The zero-order chi connectivity index (χ0) is 19.4. The van der Waals surface area contributed by atoms with Crippen molar-refractivity contribution in [3.8, 4) is 11.5 Å². The number of nitrogens with one attached hydrogen (secondary N) is 2. The van der Waals surface area contributed by atoms with Gasteiger partial charge in [0.2, 0.25) is 0 Å². The van der Waals surface area contributed by atoms with Crippen molar-refractivity contribution in [2.45, 2.75) is 25.8 Å². The third kappa shape index (κ3) is 4.80. The van der Waals surface area contributed by atoms with E-state index in [9.17, 15) is 15.0 Å². The molecule has 142 valence electrons. The lowest BCUT2D eigenvalue weighted by atomic mass is 10.0. The first-order chi connectivity index (χ1) is 12.8. The molecule has 0 atom stereocenters. The Morgan fingerprint density at radius 2 is 1.85 bits per heavy atom. The van der Waals surface area contributed by atoms with Crippen LogP contribution in [0.25, 0.3) is 11.0 Å². The predicted molar refractivity (Wildman–Crippen MR) is 104 cm³/mol. The summed E-state index contributed by atoms with van der Waals surface area (Å²) in [4.78, 5) is 12.3. The van der Waals surface area contributed by atoms with Crippen molar-refractivity contribution in [3.05, 3.63) is 59.9 Å². The van der Waals surface area contributed by atoms with Gasteiger partial charge in [-0.3, -0.25) is 4.79 Å². The molecule has 1 aromatic heterocycles. The van der Waals surface area contributed by atoms with Crippen molar-refractivity contribution >= 4 is 16.9 Å². The van der Waals surface area contributed by atoms with E-state index in [1.807, 2.05) is 38.1 Å². The van der Waals surface area contributed by atoms with Crippen molar-refractivity contribution in [2.24, 2.45) is 0 Å². The fraction of sp³-hybridized carbons (Fsp3) is 0.286. The van der Waals surface area contributed by atoms with Crippen LogP contribution in [-0.2, 0) is 6.42 Å². The minimum atomic E-state index is -0.319. The Balaban J connectivity index is 1.50. The number of carbonyl (C=O) groups is 1. The summed E-state index contributed by atoms with van der Waals surface area (Å²) in [5, 5.41) is 26.1. The van der Waals surface area contributed by atoms with Crippen LogP contribution in [0, 0.1) is 0 Å².